The highest BCUT2D eigenvalue weighted by atomic mass is 32.2. The molecule has 36 heavy (non-hydrogen) atoms. The van der Waals surface area contributed by atoms with Crippen LogP contribution < -0.4 is 0 Å². The summed E-state index contributed by atoms with van der Waals surface area (Å²) in [6.45, 7) is 4.41. The van der Waals surface area contributed by atoms with Crippen LogP contribution in [-0.4, -0.2) is 74.7 Å². The summed E-state index contributed by atoms with van der Waals surface area (Å²) in [6, 6.07) is 9.69. The first kappa shape index (κ1) is 24.5. The van der Waals surface area contributed by atoms with Gasteiger partial charge in [0.2, 0.25) is 5.03 Å². The molecule has 0 spiro atoms. The molecule has 0 saturated carbocycles. The Bertz CT molecular complexity index is 1500. The van der Waals surface area contributed by atoms with E-state index in [2.05, 4.69) is 15.3 Å². The lowest BCUT2D eigenvalue weighted by Gasteiger charge is -2.41. The van der Waals surface area contributed by atoms with Crippen molar-refractivity contribution in [2.75, 3.05) is 26.2 Å². The topological polar surface area (TPSA) is 89.2 Å². The normalized spacial score (nSPS) is 18.6. The van der Waals surface area contributed by atoms with Crippen LogP contribution in [0.5, 0.6) is 0 Å². The van der Waals surface area contributed by atoms with Gasteiger partial charge in [-0.15, -0.1) is 5.10 Å². The SMILES string of the molecule is Cc1cc2c(cnn2-c2ccc(F)cc2)cc1C1CN(S(=O)(=O)c2cnn(C)n2)CCN1CC(C)F. The quantitative estimate of drug-likeness (QED) is 0.392. The predicted octanol–water partition coefficient (Wildman–Crippen LogP) is 3.01. The number of aromatic nitrogens is 5. The second kappa shape index (κ2) is 9.34. The van der Waals surface area contributed by atoms with Crippen LogP contribution in [0.1, 0.15) is 24.1 Å². The van der Waals surface area contributed by atoms with E-state index in [-0.39, 0.29) is 36.5 Å². The Morgan fingerprint density at radius 2 is 1.86 bits per heavy atom. The summed E-state index contributed by atoms with van der Waals surface area (Å²) < 4.78 is 57.2. The number of rotatable bonds is 6. The molecule has 3 heterocycles. The Hall–Kier alpha value is -3.22. The molecule has 0 amide bonds. The van der Waals surface area contributed by atoms with Gasteiger partial charge in [-0.25, -0.2) is 21.9 Å². The molecule has 0 N–H and O–H groups in total. The predicted molar refractivity (Wildman–Crippen MR) is 130 cm³/mol. The molecule has 0 bridgehead atoms. The Balaban J connectivity index is 1.53. The number of piperazine rings is 1. The maximum atomic E-state index is 14.1. The molecule has 1 fully saturated rings. The molecule has 1 aliphatic heterocycles. The van der Waals surface area contributed by atoms with Crippen LogP contribution in [0.15, 0.2) is 53.8 Å². The van der Waals surface area contributed by atoms with Crippen LogP contribution in [0.3, 0.4) is 0 Å². The van der Waals surface area contributed by atoms with Gasteiger partial charge >= 0.3 is 0 Å². The van der Waals surface area contributed by atoms with E-state index < -0.39 is 16.2 Å². The fourth-order valence-corrected chi connectivity index (χ4v) is 6.10. The second-order valence-corrected chi connectivity index (χ2v) is 11.0. The summed E-state index contributed by atoms with van der Waals surface area (Å²) in [5, 5.41) is 13.1. The van der Waals surface area contributed by atoms with Gasteiger partial charge in [0.05, 0.1) is 23.6 Å². The van der Waals surface area contributed by atoms with Gasteiger partial charge in [0.1, 0.15) is 12.0 Å². The highest BCUT2D eigenvalue weighted by molar-refractivity contribution is 7.89. The van der Waals surface area contributed by atoms with Crippen molar-refractivity contribution in [3.63, 3.8) is 0 Å². The summed E-state index contributed by atoms with van der Waals surface area (Å²) in [4.78, 5) is 3.20. The molecule has 2 atom stereocenters. The number of fused-ring (bicyclic) bond motifs is 1. The van der Waals surface area contributed by atoms with E-state index in [9.17, 15) is 17.2 Å². The third kappa shape index (κ3) is 4.51. The fourth-order valence-electron chi connectivity index (χ4n) is 4.77. The molecule has 190 valence electrons. The molecule has 0 radical (unpaired) electrons. The maximum absolute atomic E-state index is 14.1. The van der Waals surface area contributed by atoms with Gasteiger partial charge in [-0.1, -0.05) is 0 Å². The zero-order valence-corrected chi connectivity index (χ0v) is 21.0. The van der Waals surface area contributed by atoms with Crippen molar-refractivity contribution in [3.05, 3.63) is 65.7 Å². The van der Waals surface area contributed by atoms with Crippen LogP contribution >= 0.6 is 0 Å². The lowest BCUT2D eigenvalue weighted by Crippen LogP contribution is -2.51. The van der Waals surface area contributed by atoms with Gasteiger partial charge in [0.15, 0.2) is 0 Å². The van der Waals surface area contributed by atoms with Crippen molar-refractivity contribution in [3.8, 4) is 5.69 Å². The lowest BCUT2D eigenvalue weighted by atomic mass is 9.96. The van der Waals surface area contributed by atoms with E-state index in [4.69, 9.17) is 0 Å². The number of hydrogen-bond acceptors (Lipinski definition) is 6. The Labute approximate surface area is 208 Å². The number of hydrogen-bond donors (Lipinski definition) is 0. The largest absolute Gasteiger partial charge is 0.291 e. The zero-order valence-electron chi connectivity index (χ0n) is 20.2. The molecular weight excluding hydrogens is 488 g/mol. The maximum Gasteiger partial charge on any atom is 0.264 e. The number of sulfonamides is 1. The summed E-state index contributed by atoms with van der Waals surface area (Å²) in [6.07, 6.45) is 1.89. The van der Waals surface area contributed by atoms with Crippen molar-refractivity contribution in [1.82, 2.24) is 34.0 Å². The summed E-state index contributed by atoms with van der Waals surface area (Å²) in [7, 11) is -2.29. The average Bonchev–Trinajstić information content (AvgIpc) is 3.45. The van der Waals surface area contributed by atoms with Crippen LogP contribution in [0.4, 0.5) is 8.78 Å². The van der Waals surface area contributed by atoms with Gasteiger partial charge in [-0.05, 0) is 61.4 Å². The first-order valence-corrected chi connectivity index (χ1v) is 13.1. The molecule has 2 aromatic carbocycles. The van der Waals surface area contributed by atoms with Gasteiger partial charge < -0.3 is 0 Å². The first-order chi connectivity index (χ1) is 17.1. The van der Waals surface area contributed by atoms with Crippen LogP contribution in [0.25, 0.3) is 16.6 Å². The smallest absolute Gasteiger partial charge is 0.264 e. The first-order valence-electron chi connectivity index (χ1n) is 11.6. The van der Waals surface area contributed by atoms with Gasteiger partial charge in [0.25, 0.3) is 10.0 Å². The second-order valence-electron chi connectivity index (χ2n) is 9.13. The minimum absolute atomic E-state index is 0.108. The van der Waals surface area contributed by atoms with Crippen molar-refractivity contribution in [2.24, 2.45) is 7.05 Å². The van der Waals surface area contributed by atoms with Crippen LogP contribution in [0.2, 0.25) is 0 Å². The number of halogens is 2. The van der Waals surface area contributed by atoms with Crippen LogP contribution in [0, 0.1) is 12.7 Å². The number of benzene rings is 2. The molecule has 2 aromatic heterocycles. The average molecular weight is 516 g/mol. The van der Waals surface area contributed by atoms with Crippen molar-refractivity contribution in [2.45, 2.75) is 31.1 Å². The molecule has 1 aliphatic rings. The number of nitrogens with zero attached hydrogens (tertiary/aromatic N) is 7. The van der Waals surface area contributed by atoms with Gasteiger partial charge in [-0.3, -0.25) is 4.90 Å². The molecule has 4 aromatic rings. The molecule has 2 unspecified atom stereocenters. The van der Waals surface area contributed by atoms with E-state index in [1.165, 1.54) is 34.4 Å². The minimum atomic E-state index is -3.85. The Morgan fingerprint density at radius 3 is 2.53 bits per heavy atom. The highest BCUT2D eigenvalue weighted by Gasteiger charge is 2.37. The summed E-state index contributed by atoms with van der Waals surface area (Å²) in [5.74, 6) is -0.325. The fraction of sp³-hybridized carbons (Fsp3) is 0.375. The molecule has 5 rings (SSSR count). The van der Waals surface area contributed by atoms with Crippen molar-refractivity contribution < 1.29 is 17.2 Å². The van der Waals surface area contributed by atoms with E-state index in [0.717, 1.165) is 27.7 Å². The number of aryl methyl sites for hydroxylation is 2. The van der Waals surface area contributed by atoms with E-state index >= 15 is 0 Å². The molecule has 9 nitrogen and oxygen atoms in total. The van der Waals surface area contributed by atoms with Crippen molar-refractivity contribution >= 4 is 20.9 Å². The Kier molecular flexibility index (Phi) is 6.35. The monoisotopic (exact) mass is 515 g/mol. The molecular formula is C24H27F2N7O2S. The molecule has 1 saturated heterocycles. The third-order valence-electron chi connectivity index (χ3n) is 6.51. The zero-order chi connectivity index (χ0) is 25.6. The Morgan fingerprint density at radius 1 is 1.11 bits per heavy atom. The van der Waals surface area contributed by atoms with E-state index in [0.29, 0.717) is 6.54 Å². The standard InChI is InChI=1S/C24H27F2N7O2S/c1-16-10-22-18(12-28-33(22)20-6-4-19(26)5-7-20)11-21(16)23-15-32(9-8-31(23)14-17(2)25)36(34,35)24-13-27-30(3)29-24/h4-7,10-13,17,23H,8-9,14-15H2,1-3H3. The van der Waals surface area contributed by atoms with Gasteiger partial charge in [0, 0.05) is 44.7 Å². The molecule has 12 heteroatoms. The number of alkyl halides is 1. The molecule has 0 aliphatic carbocycles. The highest BCUT2D eigenvalue weighted by Crippen LogP contribution is 2.33. The lowest BCUT2D eigenvalue weighted by molar-refractivity contribution is 0.0917. The summed E-state index contributed by atoms with van der Waals surface area (Å²) >= 11 is 0. The minimum Gasteiger partial charge on any atom is -0.291 e. The van der Waals surface area contributed by atoms with Gasteiger partial charge in [-0.2, -0.15) is 19.3 Å². The van der Waals surface area contributed by atoms with Crippen LogP contribution in [-0.2, 0) is 17.1 Å². The van der Waals surface area contributed by atoms with E-state index in [1.807, 2.05) is 24.0 Å². The third-order valence-corrected chi connectivity index (χ3v) is 8.24. The van der Waals surface area contributed by atoms with Crippen molar-refractivity contribution in [1.29, 1.82) is 0 Å². The van der Waals surface area contributed by atoms with E-state index in [1.54, 1.807) is 30.1 Å². The summed E-state index contributed by atoms with van der Waals surface area (Å²) in [5.41, 5.74) is 3.39.